The first-order valence-corrected chi connectivity index (χ1v) is 16.9. The zero-order valence-electron chi connectivity index (χ0n) is 25.5. The number of benzene rings is 1. The second-order valence-corrected chi connectivity index (χ2v) is 14.6. The molecule has 12 heteroatoms. The molecule has 1 aromatic carbocycles. The molecule has 1 aromatic heterocycles. The Hall–Kier alpha value is -2.98. The lowest BCUT2D eigenvalue weighted by molar-refractivity contribution is -0.200. The van der Waals surface area contributed by atoms with Crippen molar-refractivity contribution in [2.75, 3.05) is 45.3 Å². The summed E-state index contributed by atoms with van der Waals surface area (Å²) in [4.78, 5) is 2.61. The molecular weight excluding hydrogens is 580 g/mol. The summed E-state index contributed by atoms with van der Waals surface area (Å²) < 4.78 is 50.8. The summed E-state index contributed by atoms with van der Waals surface area (Å²) in [7, 11) is 3.44. The van der Waals surface area contributed by atoms with Crippen LogP contribution in [0.15, 0.2) is 29.2 Å². The number of nitrogens with zero attached hydrogens (tertiary/aromatic N) is 2. The summed E-state index contributed by atoms with van der Waals surface area (Å²) in [5.41, 5.74) is 1.01. The Morgan fingerprint density at radius 3 is 2.61 bits per heavy atom. The van der Waals surface area contributed by atoms with Crippen LogP contribution in [-0.4, -0.2) is 83.3 Å². The van der Waals surface area contributed by atoms with E-state index in [2.05, 4.69) is 33.5 Å². The number of methoxy groups -OCH3 is 1. The van der Waals surface area contributed by atoms with Crippen molar-refractivity contribution in [2.24, 2.45) is 10.6 Å². The van der Waals surface area contributed by atoms with Crippen molar-refractivity contribution in [3.63, 3.8) is 0 Å². The average Bonchev–Trinajstić information content (AvgIpc) is 3.26. The normalized spacial score (nSPS) is 24.0. The topological polar surface area (TPSA) is 111 Å². The molecule has 1 saturated carbocycles. The number of aromatic nitrogens is 1. The highest BCUT2D eigenvalue weighted by Crippen LogP contribution is 2.41. The van der Waals surface area contributed by atoms with Gasteiger partial charge < -0.3 is 24.7 Å². The maximum absolute atomic E-state index is 14.8. The molecular formula is C32H41BFN5O4S. The third-order valence-electron chi connectivity index (χ3n) is 9.23. The molecule has 9 nitrogen and oxygen atoms in total. The zero-order chi connectivity index (χ0) is 31.1. The first-order valence-electron chi connectivity index (χ1n) is 15.4. The molecule has 234 valence electrons. The van der Waals surface area contributed by atoms with E-state index in [1.54, 1.807) is 6.07 Å². The number of anilines is 1. The highest BCUT2D eigenvalue weighted by atomic mass is 32.2. The minimum Gasteiger partial charge on any atom is -0.495 e. The minimum absolute atomic E-state index is 0.0140. The van der Waals surface area contributed by atoms with E-state index in [-0.39, 0.29) is 18.0 Å². The van der Waals surface area contributed by atoms with Crippen molar-refractivity contribution in [1.29, 1.82) is 0 Å². The number of primary sulfonamides is 1. The lowest BCUT2D eigenvalue weighted by atomic mass is 9.75. The van der Waals surface area contributed by atoms with Gasteiger partial charge in [-0.05, 0) is 69.6 Å². The quantitative estimate of drug-likeness (QED) is 0.287. The summed E-state index contributed by atoms with van der Waals surface area (Å²) in [6.45, 7) is 5.84. The largest absolute Gasteiger partial charge is 0.495 e. The third kappa shape index (κ3) is 6.66. The molecule has 2 aliphatic heterocycles. The summed E-state index contributed by atoms with van der Waals surface area (Å²) in [6.07, 6.45) is 8.60. The number of sulfonamides is 1. The average molecular weight is 622 g/mol. The number of nitrogens with two attached hydrogens (primary N) is 1. The van der Waals surface area contributed by atoms with Gasteiger partial charge in [0.2, 0.25) is 10.0 Å². The van der Waals surface area contributed by atoms with Crippen molar-refractivity contribution in [2.45, 2.75) is 74.5 Å². The highest BCUT2D eigenvalue weighted by molar-refractivity contribution is 7.89. The highest BCUT2D eigenvalue weighted by Gasteiger charge is 2.50. The molecule has 2 radical (unpaired) electrons. The summed E-state index contributed by atoms with van der Waals surface area (Å²) in [6, 6.07) is 7.50. The van der Waals surface area contributed by atoms with E-state index in [1.807, 2.05) is 10.6 Å². The predicted molar refractivity (Wildman–Crippen MR) is 170 cm³/mol. The van der Waals surface area contributed by atoms with Gasteiger partial charge >= 0.3 is 0 Å². The molecule has 2 aliphatic carbocycles. The van der Waals surface area contributed by atoms with Gasteiger partial charge in [0.05, 0.1) is 48.7 Å². The number of hydrogen-bond donors (Lipinski definition) is 3. The molecule has 0 amide bonds. The SMILES string of the molecule is [B]C(C)(F)Cn1c(C#CCNc2ccc(S(N)(=O)=O)cc2OC)cc2c1=CCCC=2NC1CCC(N2CC3(COC3)C2)CC1. The van der Waals surface area contributed by atoms with Gasteiger partial charge in [-0.15, -0.1) is 0 Å². The van der Waals surface area contributed by atoms with Crippen LogP contribution in [0.5, 0.6) is 5.75 Å². The molecule has 3 heterocycles. The van der Waals surface area contributed by atoms with E-state index >= 15 is 0 Å². The maximum Gasteiger partial charge on any atom is 0.238 e. The van der Waals surface area contributed by atoms with Gasteiger partial charge in [0.15, 0.2) is 0 Å². The molecule has 1 atom stereocenters. The second kappa shape index (κ2) is 12.1. The molecule has 44 heavy (non-hydrogen) atoms. The van der Waals surface area contributed by atoms with Crippen molar-refractivity contribution in [1.82, 2.24) is 14.8 Å². The number of rotatable bonds is 9. The Morgan fingerprint density at radius 2 is 1.98 bits per heavy atom. The monoisotopic (exact) mass is 621 g/mol. The summed E-state index contributed by atoms with van der Waals surface area (Å²) >= 11 is 0. The molecule has 4 aliphatic rings. The Morgan fingerprint density at radius 1 is 1.23 bits per heavy atom. The van der Waals surface area contributed by atoms with Crippen LogP contribution < -0.4 is 31.1 Å². The fourth-order valence-corrected chi connectivity index (χ4v) is 7.52. The van der Waals surface area contributed by atoms with E-state index in [1.165, 1.54) is 57.8 Å². The fraction of sp³-hybridized carbons (Fsp3) is 0.562. The van der Waals surface area contributed by atoms with Crippen molar-refractivity contribution >= 4 is 35.3 Å². The van der Waals surface area contributed by atoms with Crippen molar-refractivity contribution in [3.8, 4) is 17.6 Å². The summed E-state index contributed by atoms with van der Waals surface area (Å²) in [5, 5.41) is 14.3. The first-order chi connectivity index (χ1) is 20.9. The van der Waals surface area contributed by atoms with Crippen molar-refractivity contribution < 1.29 is 22.3 Å². The smallest absolute Gasteiger partial charge is 0.238 e. The van der Waals surface area contributed by atoms with Crippen LogP contribution in [0.25, 0.3) is 11.8 Å². The van der Waals surface area contributed by atoms with Gasteiger partial charge in [0, 0.05) is 59.5 Å². The van der Waals surface area contributed by atoms with E-state index in [4.69, 9.17) is 22.5 Å². The van der Waals surface area contributed by atoms with Gasteiger partial charge in [0.1, 0.15) is 13.6 Å². The minimum atomic E-state index is -3.85. The lowest BCUT2D eigenvalue weighted by Gasteiger charge is -2.58. The maximum atomic E-state index is 14.8. The Bertz CT molecular complexity index is 1690. The predicted octanol–water partition coefficient (Wildman–Crippen LogP) is 1.38. The molecule has 1 unspecified atom stereocenters. The zero-order valence-corrected chi connectivity index (χ0v) is 26.3. The van der Waals surface area contributed by atoms with Crippen LogP contribution in [0.4, 0.5) is 10.1 Å². The lowest BCUT2D eigenvalue weighted by Crippen LogP contribution is -2.68. The standard InChI is InChI=1S/C32H41BFN5O4S/c1-31(33,34)17-39-24(5-4-14-36-28-13-12-25(44(35,40)41)16-30(28)42-2)15-26-27(6-3-7-29(26)39)37-22-8-10-23(11-9-22)38-18-32(19-38)20-43-21-32/h7,12-13,15-16,22-23,36-37H,3,6,8-11,14,17-21H2,1-2H3,(H2,35,40,41). The Labute approximate surface area is 260 Å². The van der Waals surface area contributed by atoms with Gasteiger partial charge in [-0.2, -0.15) is 0 Å². The number of likely N-dealkylation sites (tertiary alicyclic amines) is 1. The number of alkyl halides is 1. The first kappa shape index (κ1) is 31.0. The van der Waals surface area contributed by atoms with E-state index in [0.717, 1.165) is 49.5 Å². The molecule has 4 N–H and O–H groups in total. The van der Waals surface area contributed by atoms with Gasteiger partial charge in [-0.3, -0.25) is 9.29 Å². The molecule has 2 saturated heterocycles. The Balaban J connectivity index is 1.17. The van der Waals surface area contributed by atoms with Crippen LogP contribution in [0.3, 0.4) is 0 Å². The van der Waals surface area contributed by atoms with E-state index in [9.17, 15) is 12.8 Å². The van der Waals surface area contributed by atoms with Gasteiger partial charge in [-0.1, -0.05) is 12.0 Å². The number of ether oxygens (including phenoxy) is 2. The van der Waals surface area contributed by atoms with Crippen LogP contribution in [0, 0.1) is 17.3 Å². The molecule has 1 spiro atoms. The van der Waals surface area contributed by atoms with E-state index < -0.39 is 15.6 Å². The second-order valence-electron chi connectivity index (χ2n) is 13.0. The van der Waals surface area contributed by atoms with Crippen molar-refractivity contribution in [3.05, 3.63) is 40.5 Å². The molecule has 6 rings (SSSR count). The summed E-state index contributed by atoms with van der Waals surface area (Å²) in [5.74, 6) is 6.66. The molecule has 3 fully saturated rings. The van der Waals surface area contributed by atoms with Crippen LogP contribution in [0.2, 0.25) is 0 Å². The number of fused-ring (bicyclic) bond motifs is 1. The number of halogens is 1. The third-order valence-corrected chi connectivity index (χ3v) is 10.1. The Kier molecular flexibility index (Phi) is 8.52. The van der Waals surface area contributed by atoms with Crippen LogP contribution >= 0.6 is 0 Å². The van der Waals surface area contributed by atoms with Gasteiger partial charge in [0.25, 0.3) is 0 Å². The number of hydrogen-bond acceptors (Lipinski definition) is 7. The van der Waals surface area contributed by atoms with Crippen LogP contribution in [-0.2, 0) is 21.3 Å². The number of nitrogens with one attached hydrogen (secondary N) is 2. The molecule has 0 bridgehead atoms. The van der Waals surface area contributed by atoms with Crippen LogP contribution in [0.1, 0.15) is 51.1 Å². The van der Waals surface area contributed by atoms with Gasteiger partial charge in [-0.25, -0.2) is 13.6 Å². The fourth-order valence-electron chi connectivity index (χ4n) is 6.99. The molecule has 2 aromatic rings. The van der Waals surface area contributed by atoms with E-state index in [0.29, 0.717) is 34.6 Å².